The van der Waals surface area contributed by atoms with Gasteiger partial charge in [0.25, 0.3) is 0 Å². The van der Waals surface area contributed by atoms with Gasteiger partial charge < -0.3 is 10.5 Å². The Morgan fingerprint density at radius 1 is 1.44 bits per heavy atom. The summed E-state index contributed by atoms with van der Waals surface area (Å²) in [6.45, 7) is 1.28. The van der Waals surface area contributed by atoms with E-state index in [0.717, 1.165) is 30.8 Å². The first kappa shape index (κ1) is 13.5. The van der Waals surface area contributed by atoms with Gasteiger partial charge in [-0.2, -0.15) is 0 Å². The molecule has 0 atom stereocenters. The van der Waals surface area contributed by atoms with Crippen LogP contribution < -0.4 is 5.73 Å². The molecule has 90 valence electrons. The highest BCUT2D eigenvalue weighted by molar-refractivity contribution is 7.99. The highest BCUT2D eigenvalue weighted by Crippen LogP contribution is 2.23. The van der Waals surface area contributed by atoms with Gasteiger partial charge in [0.2, 0.25) is 0 Å². The maximum Gasteiger partial charge on any atom is 0.137 e. The lowest BCUT2D eigenvalue weighted by Crippen LogP contribution is -2.03. The van der Waals surface area contributed by atoms with Crippen LogP contribution in [0.2, 0.25) is 0 Å². The molecule has 0 heterocycles. The summed E-state index contributed by atoms with van der Waals surface area (Å²) in [4.78, 5) is 0.705. The van der Waals surface area contributed by atoms with E-state index < -0.39 is 0 Å². The first-order valence-electron chi connectivity index (χ1n) is 5.38. The second-order valence-corrected chi connectivity index (χ2v) is 4.64. The summed E-state index contributed by atoms with van der Waals surface area (Å²) in [6.07, 6.45) is 1.66. The van der Waals surface area contributed by atoms with Crippen molar-refractivity contribution >= 4 is 11.8 Å². The minimum Gasteiger partial charge on any atom is -0.385 e. The molecule has 0 aromatic heterocycles. The summed E-state index contributed by atoms with van der Waals surface area (Å²) in [6, 6.07) is 5.35. The Bertz CT molecular complexity index is 320. The zero-order chi connectivity index (χ0) is 11.8. The van der Waals surface area contributed by atoms with E-state index in [0.29, 0.717) is 11.4 Å². The molecule has 4 heteroatoms. The molecule has 0 amide bonds. The van der Waals surface area contributed by atoms with Crippen molar-refractivity contribution in [1.82, 2.24) is 0 Å². The SMILES string of the molecule is COCCCSc1ccc(CCN)cc1F. The van der Waals surface area contributed by atoms with Crippen molar-refractivity contribution in [3.05, 3.63) is 29.6 Å². The van der Waals surface area contributed by atoms with Gasteiger partial charge in [0, 0.05) is 24.4 Å². The number of rotatable bonds is 7. The van der Waals surface area contributed by atoms with Crippen LogP contribution in [0.15, 0.2) is 23.1 Å². The molecule has 2 N–H and O–H groups in total. The molecule has 0 unspecified atom stereocenters. The molecule has 0 spiro atoms. The van der Waals surface area contributed by atoms with E-state index in [-0.39, 0.29) is 5.82 Å². The van der Waals surface area contributed by atoms with E-state index in [2.05, 4.69) is 0 Å². The monoisotopic (exact) mass is 243 g/mol. The normalized spacial score (nSPS) is 10.7. The Kier molecular flexibility index (Phi) is 6.45. The average molecular weight is 243 g/mol. The summed E-state index contributed by atoms with van der Waals surface area (Å²) in [5, 5.41) is 0. The summed E-state index contributed by atoms with van der Waals surface area (Å²) >= 11 is 1.53. The molecular formula is C12H18FNOS. The number of halogens is 1. The Morgan fingerprint density at radius 2 is 2.25 bits per heavy atom. The van der Waals surface area contributed by atoms with Crippen molar-refractivity contribution in [1.29, 1.82) is 0 Å². The molecule has 1 aromatic carbocycles. The third-order valence-corrected chi connectivity index (χ3v) is 3.31. The molecule has 0 aliphatic carbocycles. The maximum atomic E-state index is 13.6. The highest BCUT2D eigenvalue weighted by Gasteiger charge is 2.03. The predicted molar refractivity (Wildman–Crippen MR) is 66.4 cm³/mol. The summed E-state index contributed by atoms with van der Waals surface area (Å²) in [7, 11) is 1.67. The number of methoxy groups -OCH3 is 1. The van der Waals surface area contributed by atoms with Gasteiger partial charge in [0.05, 0.1) is 0 Å². The fourth-order valence-corrected chi connectivity index (χ4v) is 2.21. The van der Waals surface area contributed by atoms with Crippen LogP contribution in [-0.2, 0) is 11.2 Å². The number of thioether (sulfide) groups is 1. The number of ether oxygens (including phenoxy) is 1. The van der Waals surface area contributed by atoms with Crippen molar-refractivity contribution in [3.8, 4) is 0 Å². The molecule has 0 radical (unpaired) electrons. The van der Waals surface area contributed by atoms with Crippen LogP contribution in [-0.4, -0.2) is 26.0 Å². The second kappa shape index (κ2) is 7.65. The fourth-order valence-electron chi connectivity index (χ4n) is 1.37. The van der Waals surface area contributed by atoms with Crippen molar-refractivity contribution in [2.75, 3.05) is 26.0 Å². The van der Waals surface area contributed by atoms with Gasteiger partial charge in [-0.05, 0) is 37.1 Å². The minimum atomic E-state index is -0.145. The molecule has 1 aromatic rings. The van der Waals surface area contributed by atoms with Gasteiger partial charge in [0.1, 0.15) is 5.82 Å². The Hall–Kier alpha value is -0.580. The van der Waals surface area contributed by atoms with Gasteiger partial charge in [-0.3, -0.25) is 0 Å². The second-order valence-electron chi connectivity index (χ2n) is 3.50. The largest absolute Gasteiger partial charge is 0.385 e. The smallest absolute Gasteiger partial charge is 0.137 e. The first-order chi connectivity index (χ1) is 7.77. The van der Waals surface area contributed by atoms with Gasteiger partial charge in [0.15, 0.2) is 0 Å². The van der Waals surface area contributed by atoms with Crippen molar-refractivity contribution < 1.29 is 9.13 Å². The lowest BCUT2D eigenvalue weighted by Gasteiger charge is -2.05. The molecular weight excluding hydrogens is 225 g/mol. The maximum absolute atomic E-state index is 13.6. The number of nitrogens with two attached hydrogens (primary N) is 1. The third kappa shape index (κ3) is 4.51. The van der Waals surface area contributed by atoms with Crippen LogP contribution in [0, 0.1) is 5.82 Å². The topological polar surface area (TPSA) is 35.2 Å². The molecule has 0 aliphatic rings. The van der Waals surface area contributed by atoms with Gasteiger partial charge in [-0.1, -0.05) is 6.07 Å². The minimum absolute atomic E-state index is 0.145. The third-order valence-electron chi connectivity index (χ3n) is 2.18. The van der Waals surface area contributed by atoms with Crippen LogP contribution in [0.25, 0.3) is 0 Å². The number of hydrogen-bond acceptors (Lipinski definition) is 3. The standard InChI is InChI=1S/C12H18FNOS/c1-15-7-2-8-16-12-4-3-10(5-6-14)9-11(12)13/h3-4,9H,2,5-8,14H2,1H3. The lowest BCUT2D eigenvalue weighted by atomic mass is 10.1. The van der Waals surface area contributed by atoms with Gasteiger partial charge in [-0.25, -0.2) is 4.39 Å². The van der Waals surface area contributed by atoms with Crippen LogP contribution in [0.5, 0.6) is 0 Å². The molecule has 0 saturated heterocycles. The lowest BCUT2D eigenvalue weighted by molar-refractivity contribution is 0.200. The van der Waals surface area contributed by atoms with E-state index in [1.54, 1.807) is 13.2 Å². The average Bonchev–Trinajstić information content (AvgIpc) is 2.27. The molecule has 0 aliphatic heterocycles. The van der Waals surface area contributed by atoms with Crippen LogP contribution in [0.1, 0.15) is 12.0 Å². The molecule has 16 heavy (non-hydrogen) atoms. The van der Waals surface area contributed by atoms with E-state index >= 15 is 0 Å². The van der Waals surface area contributed by atoms with Crippen LogP contribution in [0.4, 0.5) is 4.39 Å². The molecule has 0 bridgehead atoms. The highest BCUT2D eigenvalue weighted by atomic mass is 32.2. The van der Waals surface area contributed by atoms with Crippen LogP contribution in [0.3, 0.4) is 0 Å². The van der Waals surface area contributed by atoms with E-state index in [4.69, 9.17) is 10.5 Å². The number of hydrogen-bond donors (Lipinski definition) is 1. The van der Waals surface area contributed by atoms with E-state index in [1.165, 1.54) is 11.8 Å². The molecule has 1 rings (SSSR count). The van der Waals surface area contributed by atoms with Crippen molar-refractivity contribution in [3.63, 3.8) is 0 Å². The van der Waals surface area contributed by atoms with E-state index in [1.807, 2.05) is 12.1 Å². The summed E-state index contributed by atoms with van der Waals surface area (Å²) in [5.41, 5.74) is 6.38. The first-order valence-corrected chi connectivity index (χ1v) is 6.36. The fraction of sp³-hybridized carbons (Fsp3) is 0.500. The summed E-state index contributed by atoms with van der Waals surface area (Å²) in [5.74, 6) is 0.731. The summed E-state index contributed by atoms with van der Waals surface area (Å²) < 4.78 is 18.5. The quantitative estimate of drug-likeness (QED) is 0.590. The Morgan fingerprint density at radius 3 is 2.88 bits per heavy atom. The van der Waals surface area contributed by atoms with Crippen LogP contribution >= 0.6 is 11.8 Å². The zero-order valence-corrected chi connectivity index (χ0v) is 10.4. The predicted octanol–water partition coefficient (Wildman–Crippen LogP) is 2.46. The molecule has 2 nitrogen and oxygen atoms in total. The van der Waals surface area contributed by atoms with Gasteiger partial charge >= 0.3 is 0 Å². The van der Waals surface area contributed by atoms with Gasteiger partial charge in [-0.15, -0.1) is 11.8 Å². The van der Waals surface area contributed by atoms with Crippen molar-refractivity contribution in [2.24, 2.45) is 5.73 Å². The molecule has 0 fully saturated rings. The van der Waals surface area contributed by atoms with Crippen molar-refractivity contribution in [2.45, 2.75) is 17.7 Å². The Labute approximate surface area is 100 Å². The Balaban J connectivity index is 2.47. The van der Waals surface area contributed by atoms with E-state index in [9.17, 15) is 4.39 Å². The molecule has 0 saturated carbocycles. The zero-order valence-electron chi connectivity index (χ0n) is 9.54. The number of benzene rings is 1.